The van der Waals surface area contributed by atoms with Crippen LogP contribution in [0.5, 0.6) is 0 Å². The van der Waals surface area contributed by atoms with Crippen molar-refractivity contribution in [3.63, 3.8) is 0 Å². The van der Waals surface area contributed by atoms with Gasteiger partial charge >= 0.3 is 0 Å². The lowest BCUT2D eigenvalue weighted by atomic mass is 10.0. The molecule has 0 amide bonds. The van der Waals surface area contributed by atoms with Crippen LogP contribution in [0.2, 0.25) is 0 Å². The lowest BCUT2D eigenvalue weighted by Crippen LogP contribution is -2.17. The standard InChI is InChI=1S/C15H15F2N/c1-10(18)9-11-5-7-12(8-6-11)15-13(16)3-2-4-14(15)17/h2-8,10H,9,18H2,1H3. The summed E-state index contributed by atoms with van der Waals surface area (Å²) < 4.78 is 27.2. The van der Waals surface area contributed by atoms with Gasteiger partial charge in [-0.05, 0) is 36.6 Å². The average Bonchev–Trinajstić information content (AvgIpc) is 2.30. The van der Waals surface area contributed by atoms with Crippen LogP contribution in [-0.4, -0.2) is 6.04 Å². The van der Waals surface area contributed by atoms with Gasteiger partial charge < -0.3 is 5.73 Å². The first-order valence-corrected chi connectivity index (χ1v) is 5.87. The summed E-state index contributed by atoms with van der Waals surface area (Å²) >= 11 is 0. The molecule has 0 aliphatic heterocycles. The van der Waals surface area contributed by atoms with Crippen LogP contribution in [0, 0.1) is 11.6 Å². The SMILES string of the molecule is CC(N)Cc1ccc(-c2c(F)cccc2F)cc1. The summed E-state index contributed by atoms with van der Waals surface area (Å²) in [6.45, 7) is 1.92. The van der Waals surface area contributed by atoms with E-state index in [2.05, 4.69) is 0 Å². The number of hydrogen-bond acceptors (Lipinski definition) is 1. The first-order chi connectivity index (χ1) is 8.58. The zero-order chi connectivity index (χ0) is 13.1. The molecule has 0 saturated heterocycles. The van der Waals surface area contributed by atoms with Gasteiger partial charge in [0.2, 0.25) is 0 Å². The zero-order valence-corrected chi connectivity index (χ0v) is 10.2. The molecule has 1 unspecified atom stereocenters. The van der Waals surface area contributed by atoms with Crippen LogP contribution >= 0.6 is 0 Å². The van der Waals surface area contributed by atoms with Gasteiger partial charge in [0.15, 0.2) is 0 Å². The third-order valence-electron chi connectivity index (χ3n) is 2.76. The molecule has 2 N–H and O–H groups in total. The van der Waals surface area contributed by atoms with E-state index < -0.39 is 11.6 Å². The fraction of sp³-hybridized carbons (Fsp3) is 0.200. The Balaban J connectivity index is 2.35. The molecule has 0 aliphatic carbocycles. The molecule has 1 nitrogen and oxygen atoms in total. The van der Waals surface area contributed by atoms with E-state index in [-0.39, 0.29) is 11.6 Å². The molecule has 0 spiro atoms. The van der Waals surface area contributed by atoms with Crippen molar-refractivity contribution in [1.29, 1.82) is 0 Å². The Morgan fingerprint density at radius 2 is 1.56 bits per heavy atom. The van der Waals surface area contributed by atoms with E-state index in [1.165, 1.54) is 18.2 Å². The molecule has 0 fully saturated rings. The Hall–Kier alpha value is -1.74. The molecule has 2 rings (SSSR count). The summed E-state index contributed by atoms with van der Waals surface area (Å²) in [6.07, 6.45) is 0.750. The van der Waals surface area contributed by atoms with E-state index in [0.29, 0.717) is 5.56 Å². The third kappa shape index (κ3) is 2.74. The average molecular weight is 247 g/mol. The molecule has 2 aromatic carbocycles. The molecular formula is C15H15F2N. The minimum Gasteiger partial charge on any atom is -0.328 e. The largest absolute Gasteiger partial charge is 0.328 e. The number of nitrogens with two attached hydrogens (primary N) is 1. The van der Waals surface area contributed by atoms with Crippen LogP contribution in [0.1, 0.15) is 12.5 Å². The predicted octanol–water partition coefficient (Wildman–Crippen LogP) is 3.52. The van der Waals surface area contributed by atoms with Gasteiger partial charge in [-0.3, -0.25) is 0 Å². The lowest BCUT2D eigenvalue weighted by Gasteiger charge is -2.08. The van der Waals surface area contributed by atoms with Crippen LogP contribution in [0.3, 0.4) is 0 Å². The Kier molecular flexibility index (Phi) is 3.72. The second-order valence-corrected chi connectivity index (χ2v) is 4.47. The Bertz CT molecular complexity index is 512. The van der Waals surface area contributed by atoms with Gasteiger partial charge in [0, 0.05) is 6.04 Å². The molecule has 1 atom stereocenters. The minimum atomic E-state index is -0.546. The van der Waals surface area contributed by atoms with Crippen molar-refractivity contribution in [2.45, 2.75) is 19.4 Å². The highest BCUT2D eigenvalue weighted by Crippen LogP contribution is 2.26. The highest BCUT2D eigenvalue weighted by atomic mass is 19.1. The van der Waals surface area contributed by atoms with Gasteiger partial charge in [0.05, 0.1) is 5.56 Å². The maximum Gasteiger partial charge on any atom is 0.133 e. The van der Waals surface area contributed by atoms with Gasteiger partial charge in [-0.25, -0.2) is 8.78 Å². The van der Waals surface area contributed by atoms with Gasteiger partial charge in [0.25, 0.3) is 0 Å². The van der Waals surface area contributed by atoms with Gasteiger partial charge in [-0.1, -0.05) is 30.3 Å². The summed E-state index contributed by atoms with van der Waals surface area (Å²) in [7, 11) is 0. The van der Waals surface area contributed by atoms with Crippen LogP contribution in [-0.2, 0) is 6.42 Å². The summed E-state index contributed by atoms with van der Waals surface area (Å²) in [4.78, 5) is 0. The molecule has 0 bridgehead atoms. The van der Waals surface area contributed by atoms with E-state index in [1.54, 1.807) is 12.1 Å². The zero-order valence-electron chi connectivity index (χ0n) is 10.2. The van der Waals surface area contributed by atoms with Crippen LogP contribution in [0.25, 0.3) is 11.1 Å². The maximum absolute atomic E-state index is 13.6. The number of hydrogen-bond donors (Lipinski definition) is 1. The fourth-order valence-electron chi connectivity index (χ4n) is 1.95. The molecule has 0 aromatic heterocycles. The summed E-state index contributed by atoms with van der Waals surface area (Å²) in [5, 5.41) is 0. The molecule has 2 aromatic rings. The lowest BCUT2D eigenvalue weighted by molar-refractivity contribution is 0.589. The number of rotatable bonds is 3. The second-order valence-electron chi connectivity index (χ2n) is 4.47. The van der Waals surface area contributed by atoms with Crippen molar-refractivity contribution in [2.24, 2.45) is 5.73 Å². The van der Waals surface area contributed by atoms with Crippen LogP contribution < -0.4 is 5.73 Å². The topological polar surface area (TPSA) is 26.0 Å². The predicted molar refractivity (Wildman–Crippen MR) is 69.1 cm³/mol. The summed E-state index contributed by atoms with van der Waals surface area (Å²) in [6, 6.07) is 11.1. The number of halogens is 2. The van der Waals surface area contributed by atoms with Gasteiger partial charge in [-0.15, -0.1) is 0 Å². The molecule has 0 saturated carbocycles. The van der Waals surface area contributed by atoms with Crippen molar-refractivity contribution in [1.82, 2.24) is 0 Å². The first-order valence-electron chi connectivity index (χ1n) is 5.87. The van der Waals surface area contributed by atoms with E-state index in [4.69, 9.17) is 5.73 Å². The molecule has 0 heterocycles. The summed E-state index contributed by atoms with van der Waals surface area (Å²) in [5.41, 5.74) is 7.32. The van der Waals surface area contributed by atoms with Crippen molar-refractivity contribution in [3.05, 3.63) is 59.7 Å². The van der Waals surface area contributed by atoms with Crippen molar-refractivity contribution >= 4 is 0 Å². The van der Waals surface area contributed by atoms with Gasteiger partial charge in [0.1, 0.15) is 11.6 Å². The fourth-order valence-corrected chi connectivity index (χ4v) is 1.95. The van der Waals surface area contributed by atoms with Crippen molar-refractivity contribution < 1.29 is 8.78 Å². The van der Waals surface area contributed by atoms with E-state index in [0.717, 1.165) is 12.0 Å². The Morgan fingerprint density at radius 3 is 2.06 bits per heavy atom. The van der Waals surface area contributed by atoms with Crippen LogP contribution in [0.4, 0.5) is 8.78 Å². The Labute approximate surface area is 105 Å². The van der Waals surface area contributed by atoms with Gasteiger partial charge in [-0.2, -0.15) is 0 Å². The van der Waals surface area contributed by atoms with Crippen molar-refractivity contribution in [2.75, 3.05) is 0 Å². The third-order valence-corrected chi connectivity index (χ3v) is 2.76. The highest BCUT2D eigenvalue weighted by molar-refractivity contribution is 5.65. The maximum atomic E-state index is 13.6. The number of benzene rings is 2. The molecule has 94 valence electrons. The van der Waals surface area contributed by atoms with Crippen molar-refractivity contribution in [3.8, 4) is 11.1 Å². The molecular weight excluding hydrogens is 232 g/mol. The smallest absolute Gasteiger partial charge is 0.133 e. The molecule has 0 aliphatic rings. The van der Waals surface area contributed by atoms with Crippen LogP contribution in [0.15, 0.2) is 42.5 Å². The quantitative estimate of drug-likeness (QED) is 0.882. The normalized spacial score (nSPS) is 12.4. The minimum absolute atomic E-state index is 0.0184. The van der Waals surface area contributed by atoms with E-state index in [9.17, 15) is 8.78 Å². The highest BCUT2D eigenvalue weighted by Gasteiger charge is 2.10. The Morgan fingerprint density at radius 1 is 1.00 bits per heavy atom. The molecule has 0 radical (unpaired) electrons. The second kappa shape index (κ2) is 5.27. The van der Waals surface area contributed by atoms with E-state index in [1.807, 2.05) is 19.1 Å². The summed E-state index contributed by atoms with van der Waals surface area (Å²) in [5.74, 6) is -1.09. The molecule has 18 heavy (non-hydrogen) atoms. The monoisotopic (exact) mass is 247 g/mol. The molecule has 3 heteroatoms. The van der Waals surface area contributed by atoms with E-state index >= 15 is 0 Å². The first kappa shape index (κ1) is 12.7.